The second kappa shape index (κ2) is 5.80. The maximum absolute atomic E-state index is 11.4. The van der Waals surface area contributed by atoms with E-state index in [0.717, 1.165) is 0 Å². The number of anilines is 1. The van der Waals surface area contributed by atoms with E-state index in [1.807, 2.05) is 0 Å². The zero-order valence-corrected chi connectivity index (χ0v) is 9.23. The van der Waals surface area contributed by atoms with Gasteiger partial charge in [0.1, 0.15) is 12.4 Å². The van der Waals surface area contributed by atoms with E-state index in [0.29, 0.717) is 30.2 Å². The molecule has 0 amide bonds. The maximum atomic E-state index is 11.4. The van der Waals surface area contributed by atoms with Gasteiger partial charge in [-0.05, 0) is 25.1 Å². The third kappa shape index (κ3) is 3.02. The normalized spacial score (nSPS) is 9.56. The zero-order chi connectivity index (χ0) is 12.0. The molecule has 0 aliphatic carbocycles. The Morgan fingerprint density at radius 1 is 1.56 bits per heavy atom. The molecule has 0 heterocycles. The minimum Gasteiger partial charge on any atom is -0.487 e. The van der Waals surface area contributed by atoms with E-state index in [9.17, 15) is 4.79 Å². The monoisotopic (exact) mass is 221 g/mol. The number of ether oxygens (including phenoxy) is 2. The summed E-state index contributed by atoms with van der Waals surface area (Å²) < 4.78 is 10.2. The number of nitrogens with two attached hydrogens (primary N) is 1. The van der Waals surface area contributed by atoms with Gasteiger partial charge in [-0.15, -0.1) is 0 Å². The van der Waals surface area contributed by atoms with Crippen LogP contribution in [0.5, 0.6) is 5.75 Å². The van der Waals surface area contributed by atoms with Gasteiger partial charge in [-0.2, -0.15) is 0 Å². The second-order valence-electron chi connectivity index (χ2n) is 3.07. The number of rotatable bonds is 5. The Kier molecular flexibility index (Phi) is 4.39. The molecule has 16 heavy (non-hydrogen) atoms. The highest BCUT2D eigenvalue weighted by molar-refractivity contribution is 5.90. The van der Waals surface area contributed by atoms with Crippen molar-refractivity contribution in [2.45, 2.75) is 6.92 Å². The summed E-state index contributed by atoms with van der Waals surface area (Å²) in [4.78, 5) is 11.4. The maximum Gasteiger partial charge on any atom is 0.338 e. The summed E-state index contributed by atoms with van der Waals surface area (Å²) in [5, 5.41) is 0. The SMILES string of the molecule is C=CCOc1cc(C(=O)OCC)ccc1N. The quantitative estimate of drug-likeness (QED) is 0.469. The molecule has 0 saturated heterocycles. The zero-order valence-electron chi connectivity index (χ0n) is 9.23. The standard InChI is InChI=1S/C12H15NO3/c1-3-7-16-11-8-9(5-6-10(11)13)12(14)15-4-2/h3,5-6,8H,1,4,7,13H2,2H3. The van der Waals surface area contributed by atoms with Crippen molar-refractivity contribution in [1.29, 1.82) is 0 Å². The van der Waals surface area contributed by atoms with Crippen molar-refractivity contribution in [1.82, 2.24) is 0 Å². The Bertz CT molecular complexity index is 388. The molecule has 0 bridgehead atoms. The lowest BCUT2D eigenvalue weighted by Crippen LogP contribution is -2.06. The van der Waals surface area contributed by atoms with Gasteiger partial charge in [0.2, 0.25) is 0 Å². The largest absolute Gasteiger partial charge is 0.487 e. The van der Waals surface area contributed by atoms with Crippen LogP contribution in [0.2, 0.25) is 0 Å². The first-order chi connectivity index (χ1) is 7.69. The minimum atomic E-state index is -0.383. The minimum absolute atomic E-state index is 0.339. The molecule has 0 aromatic heterocycles. The van der Waals surface area contributed by atoms with Gasteiger partial charge < -0.3 is 15.2 Å². The molecule has 4 nitrogen and oxygen atoms in total. The van der Waals surface area contributed by atoms with Crippen LogP contribution in [0.25, 0.3) is 0 Å². The number of esters is 1. The molecule has 0 atom stereocenters. The van der Waals surface area contributed by atoms with Crippen LogP contribution in [0.4, 0.5) is 5.69 Å². The van der Waals surface area contributed by atoms with Gasteiger partial charge in [0, 0.05) is 0 Å². The Hall–Kier alpha value is -1.97. The van der Waals surface area contributed by atoms with E-state index in [1.165, 1.54) is 0 Å². The summed E-state index contributed by atoms with van der Waals surface area (Å²) >= 11 is 0. The van der Waals surface area contributed by atoms with Gasteiger partial charge in [0.05, 0.1) is 17.9 Å². The Morgan fingerprint density at radius 3 is 2.94 bits per heavy atom. The molecule has 1 rings (SSSR count). The molecule has 2 N–H and O–H groups in total. The summed E-state index contributed by atoms with van der Waals surface area (Å²) in [6.45, 7) is 5.97. The number of carbonyl (C=O) groups is 1. The molecule has 0 fully saturated rings. The van der Waals surface area contributed by atoms with Gasteiger partial charge >= 0.3 is 5.97 Å². The molecule has 0 radical (unpaired) electrons. The topological polar surface area (TPSA) is 61.5 Å². The fourth-order valence-corrected chi connectivity index (χ4v) is 1.15. The predicted molar refractivity (Wildman–Crippen MR) is 62.5 cm³/mol. The van der Waals surface area contributed by atoms with Crippen molar-refractivity contribution >= 4 is 11.7 Å². The number of hydrogen-bond acceptors (Lipinski definition) is 4. The van der Waals surface area contributed by atoms with E-state index in [-0.39, 0.29) is 5.97 Å². The first kappa shape index (κ1) is 12.1. The molecule has 0 spiro atoms. The smallest absolute Gasteiger partial charge is 0.338 e. The van der Waals surface area contributed by atoms with Crippen LogP contribution in [0, 0.1) is 0 Å². The van der Waals surface area contributed by atoms with Crippen molar-refractivity contribution in [3.63, 3.8) is 0 Å². The van der Waals surface area contributed by atoms with Crippen molar-refractivity contribution in [2.24, 2.45) is 0 Å². The van der Waals surface area contributed by atoms with E-state index in [2.05, 4.69) is 6.58 Å². The van der Waals surface area contributed by atoms with Crippen LogP contribution in [-0.4, -0.2) is 19.2 Å². The Balaban J connectivity index is 2.88. The van der Waals surface area contributed by atoms with Gasteiger partial charge in [-0.3, -0.25) is 0 Å². The highest BCUT2D eigenvalue weighted by Gasteiger charge is 2.09. The molecule has 0 aliphatic rings. The molecule has 0 aliphatic heterocycles. The number of hydrogen-bond donors (Lipinski definition) is 1. The second-order valence-corrected chi connectivity index (χ2v) is 3.07. The Morgan fingerprint density at radius 2 is 2.31 bits per heavy atom. The molecule has 1 aromatic rings. The molecular weight excluding hydrogens is 206 g/mol. The van der Waals surface area contributed by atoms with Gasteiger partial charge in [-0.1, -0.05) is 12.7 Å². The molecule has 4 heteroatoms. The molecule has 1 aromatic carbocycles. The summed E-state index contributed by atoms with van der Waals surface area (Å²) in [7, 11) is 0. The van der Waals surface area contributed by atoms with E-state index < -0.39 is 0 Å². The van der Waals surface area contributed by atoms with Crippen LogP contribution in [0.1, 0.15) is 17.3 Å². The number of nitrogen functional groups attached to an aromatic ring is 1. The summed E-state index contributed by atoms with van der Waals surface area (Å²) in [5.74, 6) is 0.0800. The van der Waals surface area contributed by atoms with Gasteiger partial charge in [0.15, 0.2) is 0 Å². The lowest BCUT2D eigenvalue weighted by atomic mass is 10.2. The van der Waals surface area contributed by atoms with Crippen molar-refractivity contribution in [2.75, 3.05) is 18.9 Å². The first-order valence-corrected chi connectivity index (χ1v) is 4.99. The van der Waals surface area contributed by atoms with E-state index >= 15 is 0 Å². The van der Waals surface area contributed by atoms with Crippen LogP contribution in [0.3, 0.4) is 0 Å². The third-order valence-corrected chi connectivity index (χ3v) is 1.88. The van der Waals surface area contributed by atoms with Crippen molar-refractivity contribution in [3.05, 3.63) is 36.4 Å². The van der Waals surface area contributed by atoms with Crippen molar-refractivity contribution < 1.29 is 14.3 Å². The number of benzene rings is 1. The van der Waals surface area contributed by atoms with Crippen LogP contribution in [-0.2, 0) is 4.74 Å². The number of carbonyl (C=O) groups excluding carboxylic acids is 1. The van der Waals surface area contributed by atoms with Crippen LogP contribution in [0.15, 0.2) is 30.9 Å². The van der Waals surface area contributed by atoms with E-state index in [1.54, 1.807) is 31.2 Å². The first-order valence-electron chi connectivity index (χ1n) is 4.99. The fourth-order valence-electron chi connectivity index (χ4n) is 1.15. The molecule has 0 saturated carbocycles. The van der Waals surface area contributed by atoms with Gasteiger partial charge in [0.25, 0.3) is 0 Å². The average Bonchev–Trinajstić information content (AvgIpc) is 2.28. The van der Waals surface area contributed by atoms with Crippen LogP contribution < -0.4 is 10.5 Å². The summed E-state index contributed by atoms with van der Waals surface area (Å²) in [5.41, 5.74) is 6.60. The lowest BCUT2D eigenvalue weighted by Gasteiger charge is -2.08. The molecular formula is C12H15NO3. The van der Waals surface area contributed by atoms with Crippen molar-refractivity contribution in [3.8, 4) is 5.75 Å². The van der Waals surface area contributed by atoms with Gasteiger partial charge in [-0.25, -0.2) is 4.79 Å². The highest BCUT2D eigenvalue weighted by Crippen LogP contribution is 2.23. The summed E-state index contributed by atoms with van der Waals surface area (Å²) in [6.07, 6.45) is 1.61. The molecule has 86 valence electrons. The predicted octanol–water partition coefficient (Wildman–Crippen LogP) is 2.01. The summed E-state index contributed by atoms with van der Waals surface area (Å²) in [6, 6.07) is 4.79. The Labute approximate surface area is 94.7 Å². The van der Waals surface area contributed by atoms with Crippen LogP contribution >= 0.6 is 0 Å². The van der Waals surface area contributed by atoms with E-state index in [4.69, 9.17) is 15.2 Å². The lowest BCUT2D eigenvalue weighted by molar-refractivity contribution is 0.0526. The fraction of sp³-hybridized carbons (Fsp3) is 0.250. The third-order valence-electron chi connectivity index (χ3n) is 1.88. The molecule has 0 unspecified atom stereocenters. The highest BCUT2D eigenvalue weighted by atomic mass is 16.5. The average molecular weight is 221 g/mol.